The average molecular weight is 378 g/mol. The van der Waals surface area contributed by atoms with E-state index in [1.54, 1.807) is 30.3 Å². The highest BCUT2D eigenvalue weighted by atomic mass is 35.5. The highest BCUT2D eigenvalue weighted by Gasteiger charge is 2.17. The van der Waals surface area contributed by atoms with Crippen LogP contribution < -0.4 is 10.1 Å². The summed E-state index contributed by atoms with van der Waals surface area (Å²) in [6, 6.07) is 11.0. The zero-order chi connectivity index (χ0) is 19.1. The van der Waals surface area contributed by atoms with Gasteiger partial charge in [-0.05, 0) is 42.8 Å². The van der Waals surface area contributed by atoms with E-state index in [0.29, 0.717) is 16.3 Å². The van der Waals surface area contributed by atoms with Gasteiger partial charge in [0.2, 0.25) is 0 Å². The van der Waals surface area contributed by atoms with Crippen molar-refractivity contribution in [1.82, 2.24) is 0 Å². The molecule has 0 heterocycles. The summed E-state index contributed by atoms with van der Waals surface area (Å²) < 4.78 is 23.4. The van der Waals surface area contributed by atoms with Crippen LogP contribution >= 0.6 is 11.6 Å². The van der Waals surface area contributed by atoms with Crippen LogP contribution in [0.2, 0.25) is 5.02 Å². The molecule has 0 bridgehead atoms. The number of rotatable bonds is 6. The van der Waals surface area contributed by atoms with E-state index in [9.17, 15) is 14.0 Å². The summed E-state index contributed by atoms with van der Waals surface area (Å²) in [7, 11) is 1.36. The lowest BCUT2D eigenvalue weighted by molar-refractivity contribution is -0.148. The maximum absolute atomic E-state index is 13.6. The molecule has 2 aromatic carbocycles. The summed E-state index contributed by atoms with van der Waals surface area (Å²) in [5.74, 6) is -1.69. The van der Waals surface area contributed by atoms with Crippen LogP contribution in [0.1, 0.15) is 12.5 Å². The van der Waals surface area contributed by atoms with E-state index in [4.69, 9.17) is 21.1 Å². The average Bonchev–Trinajstić information content (AvgIpc) is 2.62. The number of carbonyl (C=O) groups is 2. The Kier molecular flexibility index (Phi) is 6.74. The first-order chi connectivity index (χ1) is 12.4. The Bertz CT molecular complexity index is 838. The Balaban J connectivity index is 1.93. The molecular formula is C19H17ClFNO4. The fraction of sp³-hybridized carbons (Fsp3) is 0.158. The van der Waals surface area contributed by atoms with Crippen LogP contribution in [0, 0.1) is 5.82 Å². The second-order valence-electron chi connectivity index (χ2n) is 5.28. The molecule has 0 aliphatic carbocycles. The minimum Gasteiger partial charge on any atom is -0.494 e. The van der Waals surface area contributed by atoms with Crippen molar-refractivity contribution in [3.63, 3.8) is 0 Å². The molecule has 0 aliphatic rings. The fourth-order valence-corrected chi connectivity index (χ4v) is 2.20. The van der Waals surface area contributed by atoms with Gasteiger partial charge in [0, 0.05) is 6.08 Å². The molecule has 5 nitrogen and oxygen atoms in total. The number of carbonyl (C=O) groups excluding carboxylic acids is 2. The number of ether oxygens (including phenoxy) is 2. The smallest absolute Gasteiger partial charge is 0.331 e. The first-order valence-corrected chi connectivity index (χ1v) is 8.06. The lowest BCUT2D eigenvalue weighted by atomic mass is 10.2. The van der Waals surface area contributed by atoms with Crippen molar-refractivity contribution in [2.24, 2.45) is 0 Å². The van der Waals surface area contributed by atoms with E-state index < -0.39 is 23.8 Å². The third-order valence-electron chi connectivity index (χ3n) is 3.38. The number of hydrogen-bond donors (Lipinski definition) is 1. The standard InChI is InChI=1S/C19H17ClFNO4/c1-12(19(24)22-16-6-4-3-5-14(16)20)26-18(23)10-8-13-7-9-17(25-2)15(21)11-13/h3-12H,1-2H3,(H,22,24)/b10-8+/t12-/m1/s1. The number of hydrogen-bond acceptors (Lipinski definition) is 4. The largest absolute Gasteiger partial charge is 0.494 e. The SMILES string of the molecule is COc1ccc(/C=C/C(=O)O[C@H](C)C(=O)Nc2ccccc2Cl)cc1F. The molecule has 0 spiro atoms. The third-order valence-corrected chi connectivity index (χ3v) is 3.71. The van der Waals surface area contributed by atoms with Crippen LogP contribution in [0.15, 0.2) is 48.5 Å². The van der Waals surface area contributed by atoms with Gasteiger partial charge in [-0.15, -0.1) is 0 Å². The molecule has 0 unspecified atom stereocenters. The van der Waals surface area contributed by atoms with Crippen LogP contribution in [0.5, 0.6) is 5.75 Å². The molecule has 1 N–H and O–H groups in total. The Labute approximate surface area is 155 Å². The summed E-state index contributed by atoms with van der Waals surface area (Å²) in [6.45, 7) is 1.44. The minimum atomic E-state index is -1.03. The molecule has 0 fully saturated rings. The van der Waals surface area contributed by atoms with Gasteiger partial charge in [-0.25, -0.2) is 9.18 Å². The molecule has 1 amide bonds. The van der Waals surface area contributed by atoms with Crippen molar-refractivity contribution in [2.75, 3.05) is 12.4 Å². The monoisotopic (exact) mass is 377 g/mol. The van der Waals surface area contributed by atoms with Gasteiger partial charge in [-0.2, -0.15) is 0 Å². The highest BCUT2D eigenvalue weighted by molar-refractivity contribution is 6.33. The topological polar surface area (TPSA) is 64.6 Å². The second-order valence-corrected chi connectivity index (χ2v) is 5.68. The van der Waals surface area contributed by atoms with Crippen LogP contribution in [0.25, 0.3) is 6.08 Å². The van der Waals surface area contributed by atoms with Crippen LogP contribution in [-0.2, 0) is 14.3 Å². The molecule has 0 saturated heterocycles. The van der Waals surface area contributed by atoms with Gasteiger partial charge < -0.3 is 14.8 Å². The van der Waals surface area contributed by atoms with Gasteiger partial charge in [0.1, 0.15) is 0 Å². The number of methoxy groups -OCH3 is 1. The molecule has 2 aromatic rings. The quantitative estimate of drug-likeness (QED) is 0.608. The van der Waals surface area contributed by atoms with Crippen molar-refractivity contribution < 1.29 is 23.5 Å². The molecule has 1 atom stereocenters. The van der Waals surface area contributed by atoms with Gasteiger partial charge >= 0.3 is 5.97 Å². The summed E-state index contributed by atoms with van der Waals surface area (Å²) in [5.41, 5.74) is 0.875. The van der Waals surface area contributed by atoms with E-state index in [2.05, 4.69) is 5.32 Å². The number of amides is 1. The van der Waals surface area contributed by atoms with Gasteiger partial charge in [-0.1, -0.05) is 29.8 Å². The third kappa shape index (κ3) is 5.32. The Morgan fingerprint density at radius 2 is 1.96 bits per heavy atom. The van der Waals surface area contributed by atoms with Crippen molar-refractivity contribution in [2.45, 2.75) is 13.0 Å². The fourth-order valence-electron chi connectivity index (χ4n) is 2.01. The molecule has 136 valence electrons. The number of esters is 1. The van der Waals surface area contributed by atoms with E-state index >= 15 is 0 Å². The summed E-state index contributed by atoms with van der Waals surface area (Å²) in [5, 5.41) is 2.95. The van der Waals surface area contributed by atoms with Gasteiger partial charge in [0.25, 0.3) is 5.91 Å². The van der Waals surface area contributed by atoms with Crippen molar-refractivity contribution in [1.29, 1.82) is 0 Å². The Hall–Kier alpha value is -2.86. The van der Waals surface area contributed by atoms with Gasteiger partial charge in [-0.3, -0.25) is 4.79 Å². The molecule has 26 heavy (non-hydrogen) atoms. The van der Waals surface area contributed by atoms with Gasteiger partial charge in [0.15, 0.2) is 17.7 Å². The van der Waals surface area contributed by atoms with E-state index in [-0.39, 0.29) is 5.75 Å². The summed E-state index contributed by atoms with van der Waals surface area (Å²) in [6.07, 6.45) is 1.46. The number of halogens is 2. The van der Waals surface area contributed by atoms with Crippen molar-refractivity contribution in [3.8, 4) is 5.75 Å². The molecule has 0 radical (unpaired) electrons. The molecule has 0 aliphatic heterocycles. The maximum Gasteiger partial charge on any atom is 0.331 e. The second kappa shape index (κ2) is 9.01. The van der Waals surface area contributed by atoms with E-state index in [1.807, 2.05) is 0 Å². The number of benzene rings is 2. The molecule has 7 heteroatoms. The number of nitrogens with one attached hydrogen (secondary N) is 1. The number of para-hydroxylation sites is 1. The highest BCUT2D eigenvalue weighted by Crippen LogP contribution is 2.21. The first kappa shape index (κ1) is 19.5. The molecule has 0 saturated carbocycles. The van der Waals surface area contributed by atoms with Crippen LogP contribution in [0.3, 0.4) is 0 Å². The summed E-state index contributed by atoms with van der Waals surface area (Å²) >= 11 is 5.96. The lowest BCUT2D eigenvalue weighted by Gasteiger charge is -2.13. The summed E-state index contributed by atoms with van der Waals surface area (Å²) in [4.78, 5) is 23.9. The van der Waals surface area contributed by atoms with E-state index in [0.717, 1.165) is 6.08 Å². The first-order valence-electron chi connectivity index (χ1n) is 7.68. The zero-order valence-electron chi connectivity index (χ0n) is 14.2. The van der Waals surface area contributed by atoms with E-state index in [1.165, 1.54) is 32.2 Å². The van der Waals surface area contributed by atoms with Crippen molar-refractivity contribution >= 4 is 35.2 Å². The predicted octanol–water partition coefficient (Wildman–Crippen LogP) is 4.07. The zero-order valence-corrected chi connectivity index (χ0v) is 14.9. The van der Waals surface area contributed by atoms with Gasteiger partial charge in [0.05, 0.1) is 17.8 Å². The predicted molar refractivity (Wildman–Crippen MR) is 97.6 cm³/mol. The minimum absolute atomic E-state index is 0.106. The lowest BCUT2D eigenvalue weighted by Crippen LogP contribution is -2.29. The van der Waals surface area contributed by atoms with Crippen LogP contribution in [-0.4, -0.2) is 25.1 Å². The van der Waals surface area contributed by atoms with Crippen molar-refractivity contribution in [3.05, 3.63) is 64.9 Å². The molecule has 0 aromatic heterocycles. The maximum atomic E-state index is 13.6. The van der Waals surface area contributed by atoms with Crippen LogP contribution in [0.4, 0.5) is 10.1 Å². The normalized spacial score (nSPS) is 11.8. The Morgan fingerprint density at radius 1 is 1.23 bits per heavy atom. The number of anilines is 1. The Morgan fingerprint density at radius 3 is 2.62 bits per heavy atom. The molecular weight excluding hydrogens is 361 g/mol. The molecule has 2 rings (SSSR count).